The van der Waals surface area contributed by atoms with Crippen LogP contribution in [-0.2, 0) is 6.42 Å². The summed E-state index contributed by atoms with van der Waals surface area (Å²) >= 11 is 4.54. The van der Waals surface area contributed by atoms with Crippen molar-refractivity contribution in [3.8, 4) is 5.75 Å². The molecule has 0 saturated carbocycles. The number of Topliss-reactive ketones (excluding diaryl/α,β-unsaturated/α-hetero) is 1. The van der Waals surface area contributed by atoms with Gasteiger partial charge in [-0.25, -0.2) is 4.39 Å². The first-order chi connectivity index (χ1) is 8.60. The first kappa shape index (κ1) is 13.2. The van der Waals surface area contributed by atoms with Gasteiger partial charge in [0.25, 0.3) is 0 Å². The van der Waals surface area contributed by atoms with E-state index < -0.39 is 0 Å². The maximum atomic E-state index is 13.2. The molecule has 2 rings (SSSR count). The van der Waals surface area contributed by atoms with Crippen molar-refractivity contribution >= 4 is 33.0 Å². The Bertz CT molecular complexity index is 560. The van der Waals surface area contributed by atoms with Gasteiger partial charge in [-0.3, -0.25) is 4.79 Å². The SMILES string of the molecule is COc1ccsc1C(=O)Cc1cc(F)cc(Br)c1. The predicted octanol–water partition coefficient (Wildman–Crippen LogP) is 4.08. The molecule has 0 bridgehead atoms. The zero-order valence-electron chi connectivity index (χ0n) is 9.57. The van der Waals surface area contributed by atoms with Gasteiger partial charge >= 0.3 is 0 Å². The lowest BCUT2D eigenvalue weighted by Crippen LogP contribution is -2.03. The van der Waals surface area contributed by atoms with Gasteiger partial charge in [-0.15, -0.1) is 11.3 Å². The summed E-state index contributed by atoms with van der Waals surface area (Å²) in [5.41, 5.74) is 0.641. The molecule has 1 aromatic carbocycles. The van der Waals surface area contributed by atoms with Crippen molar-refractivity contribution in [2.24, 2.45) is 0 Å². The van der Waals surface area contributed by atoms with Crippen LogP contribution in [0.25, 0.3) is 0 Å². The molecule has 0 atom stereocenters. The van der Waals surface area contributed by atoms with E-state index in [1.54, 1.807) is 17.5 Å². The van der Waals surface area contributed by atoms with Gasteiger partial charge in [-0.2, -0.15) is 0 Å². The first-order valence-electron chi connectivity index (χ1n) is 5.20. The second kappa shape index (κ2) is 5.63. The number of halogens is 2. The van der Waals surface area contributed by atoms with Gasteiger partial charge in [0.05, 0.1) is 7.11 Å². The maximum absolute atomic E-state index is 13.2. The average Bonchev–Trinajstić information content (AvgIpc) is 2.75. The van der Waals surface area contributed by atoms with Crippen molar-refractivity contribution in [1.29, 1.82) is 0 Å². The summed E-state index contributed by atoms with van der Waals surface area (Å²) in [6.45, 7) is 0. The molecular weight excluding hydrogens is 319 g/mol. The molecule has 0 spiro atoms. The molecule has 0 radical (unpaired) electrons. The summed E-state index contributed by atoms with van der Waals surface area (Å²) in [6, 6.07) is 6.21. The average molecular weight is 329 g/mol. The van der Waals surface area contributed by atoms with Crippen LogP contribution in [0.4, 0.5) is 4.39 Å². The summed E-state index contributed by atoms with van der Waals surface area (Å²) in [5, 5.41) is 1.80. The van der Waals surface area contributed by atoms with Crippen LogP contribution in [0, 0.1) is 5.82 Å². The van der Waals surface area contributed by atoms with Gasteiger partial charge in [0.15, 0.2) is 5.78 Å². The number of carbonyl (C=O) groups is 1. The summed E-state index contributed by atoms with van der Waals surface area (Å²) in [6.07, 6.45) is 0.160. The molecule has 0 amide bonds. The van der Waals surface area contributed by atoms with E-state index in [0.29, 0.717) is 20.7 Å². The van der Waals surface area contributed by atoms with E-state index in [2.05, 4.69) is 15.9 Å². The number of rotatable bonds is 4. The van der Waals surface area contributed by atoms with Gasteiger partial charge in [-0.1, -0.05) is 15.9 Å². The zero-order valence-corrected chi connectivity index (χ0v) is 12.0. The lowest BCUT2D eigenvalue weighted by atomic mass is 10.1. The van der Waals surface area contributed by atoms with Crippen LogP contribution in [-0.4, -0.2) is 12.9 Å². The predicted molar refractivity (Wildman–Crippen MR) is 73.0 cm³/mol. The molecular formula is C13H10BrFO2S. The molecule has 0 aliphatic heterocycles. The minimum Gasteiger partial charge on any atom is -0.495 e. The Labute approximate surface area is 117 Å². The molecule has 0 unspecified atom stereocenters. The van der Waals surface area contributed by atoms with Gasteiger partial charge in [-0.05, 0) is 35.2 Å². The van der Waals surface area contributed by atoms with E-state index in [1.165, 1.54) is 30.6 Å². The number of thiophene rings is 1. The lowest BCUT2D eigenvalue weighted by molar-refractivity contribution is 0.0994. The molecule has 0 fully saturated rings. The highest BCUT2D eigenvalue weighted by molar-refractivity contribution is 9.10. The second-order valence-electron chi connectivity index (χ2n) is 3.70. The lowest BCUT2D eigenvalue weighted by Gasteiger charge is -2.03. The molecule has 0 N–H and O–H groups in total. The smallest absolute Gasteiger partial charge is 0.180 e. The fourth-order valence-corrected chi connectivity index (χ4v) is 2.95. The molecule has 0 aliphatic carbocycles. The Hall–Kier alpha value is -1.20. The molecule has 2 nitrogen and oxygen atoms in total. The monoisotopic (exact) mass is 328 g/mol. The number of carbonyl (C=O) groups excluding carboxylic acids is 1. The number of hydrogen-bond acceptors (Lipinski definition) is 3. The molecule has 1 heterocycles. The summed E-state index contributed by atoms with van der Waals surface area (Å²) in [7, 11) is 1.53. The number of benzene rings is 1. The van der Waals surface area contributed by atoms with Crippen LogP contribution in [0.5, 0.6) is 5.75 Å². The van der Waals surface area contributed by atoms with E-state index in [0.717, 1.165) is 0 Å². The van der Waals surface area contributed by atoms with E-state index in [9.17, 15) is 9.18 Å². The standard InChI is InChI=1S/C13H10BrFO2S/c1-17-12-2-3-18-13(12)11(16)6-8-4-9(14)7-10(15)5-8/h2-5,7H,6H2,1H3. The quantitative estimate of drug-likeness (QED) is 0.790. The molecule has 0 aliphatic rings. The Morgan fingerprint density at radius 1 is 1.44 bits per heavy atom. The maximum Gasteiger partial charge on any atom is 0.180 e. The summed E-state index contributed by atoms with van der Waals surface area (Å²) in [4.78, 5) is 12.6. The molecule has 5 heteroatoms. The largest absolute Gasteiger partial charge is 0.495 e. The van der Waals surface area contributed by atoms with E-state index in [1.807, 2.05) is 0 Å². The number of hydrogen-bond donors (Lipinski definition) is 0. The van der Waals surface area contributed by atoms with Gasteiger partial charge < -0.3 is 4.74 Å². The fourth-order valence-electron chi connectivity index (χ4n) is 1.64. The van der Waals surface area contributed by atoms with Crippen molar-refractivity contribution < 1.29 is 13.9 Å². The summed E-state index contributed by atoms with van der Waals surface area (Å²) < 4.78 is 18.9. The first-order valence-corrected chi connectivity index (χ1v) is 6.87. The zero-order chi connectivity index (χ0) is 13.1. The van der Waals surface area contributed by atoms with E-state index >= 15 is 0 Å². The third-order valence-electron chi connectivity index (χ3n) is 2.39. The van der Waals surface area contributed by atoms with Crippen LogP contribution in [0.3, 0.4) is 0 Å². The number of methoxy groups -OCH3 is 1. The Balaban J connectivity index is 2.21. The number of ether oxygens (including phenoxy) is 1. The van der Waals surface area contributed by atoms with Crippen molar-refractivity contribution in [3.63, 3.8) is 0 Å². The third-order valence-corrected chi connectivity index (χ3v) is 3.78. The molecule has 1 aromatic heterocycles. The minimum absolute atomic E-state index is 0.0700. The minimum atomic E-state index is -0.356. The van der Waals surface area contributed by atoms with E-state index in [-0.39, 0.29) is 18.0 Å². The van der Waals surface area contributed by atoms with Crippen LogP contribution in [0.15, 0.2) is 34.1 Å². The highest BCUT2D eigenvalue weighted by atomic mass is 79.9. The Kier molecular flexibility index (Phi) is 4.14. The summed E-state index contributed by atoms with van der Waals surface area (Å²) in [5.74, 6) is 0.144. The van der Waals surface area contributed by atoms with Crippen molar-refractivity contribution in [2.45, 2.75) is 6.42 Å². The van der Waals surface area contributed by atoms with Crippen LogP contribution >= 0.6 is 27.3 Å². The third kappa shape index (κ3) is 2.97. The van der Waals surface area contributed by atoms with Crippen LogP contribution in [0.2, 0.25) is 0 Å². The number of ketones is 1. The molecule has 0 saturated heterocycles. The van der Waals surface area contributed by atoms with Gasteiger partial charge in [0.1, 0.15) is 16.4 Å². The topological polar surface area (TPSA) is 26.3 Å². The fraction of sp³-hybridized carbons (Fsp3) is 0.154. The molecule has 2 aromatic rings. The van der Waals surface area contributed by atoms with E-state index in [4.69, 9.17) is 4.74 Å². The Morgan fingerprint density at radius 3 is 2.89 bits per heavy atom. The van der Waals surface area contributed by atoms with Gasteiger partial charge in [0.2, 0.25) is 0 Å². The highest BCUT2D eigenvalue weighted by Crippen LogP contribution is 2.26. The Morgan fingerprint density at radius 2 is 2.22 bits per heavy atom. The van der Waals surface area contributed by atoms with Crippen molar-refractivity contribution in [1.82, 2.24) is 0 Å². The normalized spacial score (nSPS) is 10.4. The van der Waals surface area contributed by atoms with Gasteiger partial charge in [0, 0.05) is 10.9 Å². The van der Waals surface area contributed by atoms with Crippen LogP contribution in [0.1, 0.15) is 15.2 Å². The molecule has 18 heavy (non-hydrogen) atoms. The molecule has 94 valence electrons. The van der Waals surface area contributed by atoms with Crippen molar-refractivity contribution in [3.05, 3.63) is 50.4 Å². The highest BCUT2D eigenvalue weighted by Gasteiger charge is 2.15. The van der Waals surface area contributed by atoms with Crippen molar-refractivity contribution in [2.75, 3.05) is 7.11 Å². The van der Waals surface area contributed by atoms with Crippen LogP contribution < -0.4 is 4.74 Å². The second-order valence-corrected chi connectivity index (χ2v) is 5.53.